The summed E-state index contributed by atoms with van der Waals surface area (Å²) in [5, 5.41) is 4.52. The monoisotopic (exact) mass is 452 g/mol. The second-order valence-electron chi connectivity index (χ2n) is 6.72. The minimum absolute atomic E-state index is 0.300. The van der Waals surface area contributed by atoms with Crippen LogP contribution in [-0.2, 0) is 0 Å². The predicted octanol–water partition coefficient (Wildman–Crippen LogP) is 6.48. The first-order valence-electron chi connectivity index (χ1n) is 9.38. The fourth-order valence-corrected chi connectivity index (χ4v) is 3.57. The molecule has 7 heteroatoms. The molecule has 1 amide bonds. The summed E-state index contributed by atoms with van der Waals surface area (Å²) in [5.41, 5.74) is 3.03. The van der Waals surface area contributed by atoms with Gasteiger partial charge in [0.25, 0.3) is 5.91 Å². The van der Waals surface area contributed by atoms with Gasteiger partial charge in [-0.2, -0.15) is 0 Å². The Morgan fingerprint density at radius 2 is 1.71 bits per heavy atom. The molecular formula is C24H18Cl2N2O3. The number of methoxy groups -OCH3 is 2. The number of hydrogen-bond acceptors (Lipinski definition) is 4. The SMILES string of the molecule is COc1ccc(OC)c(NC(=O)c2cc(-c3ccc(Cl)c(Cl)c3)nc3ccccc23)c1. The van der Waals surface area contributed by atoms with Gasteiger partial charge in [-0.15, -0.1) is 0 Å². The van der Waals surface area contributed by atoms with Crippen LogP contribution < -0.4 is 14.8 Å². The molecule has 31 heavy (non-hydrogen) atoms. The standard InChI is InChI=1S/C24H18Cl2N2O3/c1-30-15-8-10-23(31-2)22(12-15)28-24(29)17-13-21(14-7-9-18(25)19(26)11-14)27-20-6-4-3-5-16(17)20/h3-13H,1-2H3,(H,28,29). The van der Waals surface area contributed by atoms with E-state index in [1.165, 1.54) is 0 Å². The largest absolute Gasteiger partial charge is 0.497 e. The molecular weight excluding hydrogens is 435 g/mol. The van der Waals surface area contributed by atoms with Crippen LogP contribution >= 0.6 is 23.2 Å². The average Bonchev–Trinajstić information content (AvgIpc) is 2.80. The van der Waals surface area contributed by atoms with E-state index in [2.05, 4.69) is 5.32 Å². The number of amides is 1. The number of anilines is 1. The van der Waals surface area contributed by atoms with Gasteiger partial charge in [0, 0.05) is 17.0 Å². The Labute approximate surface area is 189 Å². The van der Waals surface area contributed by atoms with Crippen molar-refractivity contribution in [2.75, 3.05) is 19.5 Å². The third kappa shape index (κ3) is 4.29. The first-order chi connectivity index (χ1) is 15.0. The third-order valence-electron chi connectivity index (χ3n) is 4.83. The Morgan fingerprint density at radius 3 is 2.45 bits per heavy atom. The number of halogens is 2. The summed E-state index contributed by atoms with van der Waals surface area (Å²) in [4.78, 5) is 18.0. The van der Waals surface area contributed by atoms with Crippen molar-refractivity contribution in [1.29, 1.82) is 0 Å². The Morgan fingerprint density at radius 1 is 0.903 bits per heavy atom. The second-order valence-corrected chi connectivity index (χ2v) is 7.54. The number of nitrogens with zero attached hydrogens (tertiary/aromatic N) is 1. The summed E-state index contributed by atoms with van der Waals surface area (Å²) in [5.74, 6) is 0.830. The van der Waals surface area contributed by atoms with Crippen LogP contribution in [0.25, 0.3) is 22.2 Å². The molecule has 1 N–H and O–H groups in total. The van der Waals surface area contributed by atoms with Crippen LogP contribution in [0.4, 0.5) is 5.69 Å². The molecule has 5 nitrogen and oxygen atoms in total. The van der Waals surface area contributed by atoms with Crippen LogP contribution in [0, 0.1) is 0 Å². The number of benzene rings is 3. The maximum absolute atomic E-state index is 13.3. The molecule has 0 aliphatic rings. The number of nitrogens with one attached hydrogen (secondary N) is 1. The van der Waals surface area contributed by atoms with Crippen molar-refractivity contribution >= 4 is 45.7 Å². The van der Waals surface area contributed by atoms with Crippen molar-refractivity contribution < 1.29 is 14.3 Å². The summed E-state index contributed by atoms with van der Waals surface area (Å²) < 4.78 is 10.6. The first-order valence-corrected chi connectivity index (χ1v) is 10.1. The van der Waals surface area contributed by atoms with Crippen LogP contribution in [0.1, 0.15) is 10.4 Å². The number of para-hydroxylation sites is 1. The predicted molar refractivity (Wildman–Crippen MR) is 125 cm³/mol. The van der Waals surface area contributed by atoms with E-state index in [1.807, 2.05) is 30.3 Å². The molecule has 0 saturated heterocycles. The highest BCUT2D eigenvalue weighted by Crippen LogP contribution is 2.32. The molecule has 4 aromatic rings. The lowest BCUT2D eigenvalue weighted by Crippen LogP contribution is -2.14. The summed E-state index contributed by atoms with van der Waals surface area (Å²) in [7, 11) is 3.11. The average molecular weight is 453 g/mol. The summed E-state index contributed by atoms with van der Waals surface area (Å²) in [6.45, 7) is 0. The Balaban J connectivity index is 1.81. The summed E-state index contributed by atoms with van der Waals surface area (Å²) in [6, 6.07) is 19.7. The van der Waals surface area contributed by atoms with Gasteiger partial charge in [0.15, 0.2) is 0 Å². The van der Waals surface area contributed by atoms with Gasteiger partial charge in [0.05, 0.1) is 46.7 Å². The zero-order valence-corrected chi connectivity index (χ0v) is 18.3. The second kappa shape index (κ2) is 8.84. The Kier molecular flexibility index (Phi) is 5.98. The highest BCUT2D eigenvalue weighted by molar-refractivity contribution is 6.42. The summed E-state index contributed by atoms with van der Waals surface area (Å²) >= 11 is 12.2. The molecule has 0 atom stereocenters. The smallest absolute Gasteiger partial charge is 0.256 e. The van der Waals surface area contributed by atoms with Gasteiger partial charge >= 0.3 is 0 Å². The van der Waals surface area contributed by atoms with Crippen LogP contribution in [0.3, 0.4) is 0 Å². The van der Waals surface area contributed by atoms with Gasteiger partial charge in [0.2, 0.25) is 0 Å². The van der Waals surface area contributed by atoms with E-state index in [0.717, 1.165) is 10.9 Å². The molecule has 0 fully saturated rings. The molecule has 0 radical (unpaired) electrons. The number of hydrogen-bond donors (Lipinski definition) is 1. The fraction of sp³-hybridized carbons (Fsp3) is 0.0833. The van der Waals surface area contributed by atoms with Crippen LogP contribution in [0.15, 0.2) is 66.7 Å². The van der Waals surface area contributed by atoms with Gasteiger partial charge in [0.1, 0.15) is 11.5 Å². The molecule has 1 heterocycles. The van der Waals surface area contributed by atoms with E-state index >= 15 is 0 Å². The molecule has 0 bridgehead atoms. The molecule has 0 aliphatic carbocycles. The molecule has 156 valence electrons. The molecule has 3 aromatic carbocycles. The first kappa shape index (κ1) is 21.0. The van der Waals surface area contributed by atoms with Crippen molar-refractivity contribution in [3.63, 3.8) is 0 Å². The highest BCUT2D eigenvalue weighted by Gasteiger charge is 2.17. The third-order valence-corrected chi connectivity index (χ3v) is 5.57. The van der Waals surface area contributed by atoms with Crippen LogP contribution in [0.2, 0.25) is 10.0 Å². The van der Waals surface area contributed by atoms with Crippen molar-refractivity contribution in [3.05, 3.63) is 82.3 Å². The minimum atomic E-state index is -0.300. The maximum atomic E-state index is 13.3. The van der Waals surface area contributed by atoms with E-state index in [1.54, 1.807) is 50.6 Å². The number of aromatic nitrogens is 1. The number of carbonyl (C=O) groups is 1. The topological polar surface area (TPSA) is 60.5 Å². The zero-order chi connectivity index (χ0) is 22.0. The lowest BCUT2D eigenvalue weighted by molar-refractivity contribution is 0.102. The lowest BCUT2D eigenvalue weighted by atomic mass is 10.0. The molecule has 0 saturated carbocycles. The van der Waals surface area contributed by atoms with E-state index in [9.17, 15) is 4.79 Å². The number of fused-ring (bicyclic) bond motifs is 1. The van der Waals surface area contributed by atoms with E-state index in [4.69, 9.17) is 37.7 Å². The normalized spacial score (nSPS) is 10.7. The van der Waals surface area contributed by atoms with Gasteiger partial charge in [-0.3, -0.25) is 4.79 Å². The molecule has 0 unspecified atom stereocenters. The van der Waals surface area contributed by atoms with Gasteiger partial charge < -0.3 is 14.8 Å². The number of ether oxygens (including phenoxy) is 2. The zero-order valence-electron chi connectivity index (χ0n) is 16.8. The Bertz CT molecular complexity index is 1290. The molecule has 0 aliphatic heterocycles. The van der Waals surface area contributed by atoms with Crippen molar-refractivity contribution in [2.45, 2.75) is 0 Å². The quantitative estimate of drug-likeness (QED) is 0.376. The van der Waals surface area contributed by atoms with Gasteiger partial charge in [-0.1, -0.05) is 47.5 Å². The van der Waals surface area contributed by atoms with Crippen LogP contribution in [-0.4, -0.2) is 25.1 Å². The van der Waals surface area contributed by atoms with Gasteiger partial charge in [-0.25, -0.2) is 4.98 Å². The van der Waals surface area contributed by atoms with E-state index in [0.29, 0.717) is 44.0 Å². The molecule has 4 rings (SSSR count). The number of pyridine rings is 1. The molecule has 1 aromatic heterocycles. The fourth-order valence-electron chi connectivity index (χ4n) is 3.27. The Hall–Kier alpha value is -3.28. The van der Waals surface area contributed by atoms with E-state index < -0.39 is 0 Å². The number of carbonyl (C=O) groups excluding carboxylic acids is 1. The highest BCUT2D eigenvalue weighted by atomic mass is 35.5. The minimum Gasteiger partial charge on any atom is -0.497 e. The van der Waals surface area contributed by atoms with Crippen molar-refractivity contribution in [3.8, 4) is 22.8 Å². The molecule has 0 spiro atoms. The lowest BCUT2D eigenvalue weighted by Gasteiger charge is -2.14. The van der Waals surface area contributed by atoms with Gasteiger partial charge in [-0.05, 0) is 36.4 Å². The maximum Gasteiger partial charge on any atom is 0.256 e. The van der Waals surface area contributed by atoms with Crippen molar-refractivity contribution in [2.24, 2.45) is 0 Å². The van der Waals surface area contributed by atoms with E-state index in [-0.39, 0.29) is 5.91 Å². The number of rotatable bonds is 5. The summed E-state index contributed by atoms with van der Waals surface area (Å²) in [6.07, 6.45) is 0. The van der Waals surface area contributed by atoms with Crippen LogP contribution in [0.5, 0.6) is 11.5 Å². The van der Waals surface area contributed by atoms with Crippen molar-refractivity contribution in [1.82, 2.24) is 4.98 Å².